The highest BCUT2D eigenvalue weighted by Gasteiger charge is 2.34. The number of hydrogen-bond donors (Lipinski definition) is 1. The van der Waals surface area contributed by atoms with Gasteiger partial charge in [0, 0.05) is 43.9 Å². The van der Waals surface area contributed by atoms with Gasteiger partial charge in [0.05, 0.1) is 24.2 Å². The number of aromatic nitrogens is 2. The molecule has 47 heavy (non-hydrogen) atoms. The average molecular weight is 634 g/mol. The van der Waals surface area contributed by atoms with Crippen LogP contribution < -0.4 is 15.0 Å². The molecule has 1 amide bonds. The number of likely N-dealkylation sites (tertiary alicyclic amines) is 1. The van der Waals surface area contributed by atoms with E-state index in [4.69, 9.17) is 14.7 Å². The molecule has 0 saturated carbocycles. The number of rotatable bonds is 12. The Morgan fingerprint density at radius 1 is 1.13 bits per heavy atom. The van der Waals surface area contributed by atoms with Gasteiger partial charge in [0.1, 0.15) is 12.4 Å². The van der Waals surface area contributed by atoms with Gasteiger partial charge in [0.25, 0.3) is 0 Å². The zero-order valence-electron chi connectivity index (χ0n) is 27.6. The molecule has 9 heteroatoms. The molecule has 3 aromatic rings. The van der Waals surface area contributed by atoms with Crippen LogP contribution in [-0.4, -0.2) is 90.7 Å². The molecular weight excluding hydrogens is 586 g/mol. The van der Waals surface area contributed by atoms with Gasteiger partial charge < -0.3 is 24.8 Å². The Labute approximate surface area is 278 Å². The standard InChI is InChI=1S/C38H47N7O2/c1-3-4-20-40-21-8-15-36(46)45-24-23-44(26-30(45)18-19-39)37-34-17-16-29(33-14-7-11-28-10-5-6-13-32(28)33)25-35(34)41-38(42-37)47-27-31-12-9-22-43(31)2/h3,5-8,10-11,13-15,29-31,40H,1,4,9,12,16-18,20-27H2,2H3/b15-8+/t29?,30-,31-/m0/s1. The van der Waals surface area contributed by atoms with Gasteiger partial charge in [-0.25, -0.2) is 0 Å². The van der Waals surface area contributed by atoms with E-state index in [0.717, 1.165) is 56.7 Å². The number of carbonyl (C=O) groups is 1. The molecule has 0 bridgehead atoms. The highest BCUT2D eigenvalue weighted by atomic mass is 16.5. The lowest BCUT2D eigenvalue weighted by atomic mass is 9.80. The van der Waals surface area contributed by atoms with Gasteiger partial charge in [-0.3, -0.25) is 4.79 Å². The first-order valence-corrected chi connectivity index (χ1v) is 17.2. The van der Waals surface area contributed by atoms with Crippen molar-refractivity contribution in [3.8, 4) is 12.1 Å². The zero-order chi connectivity index (χ0) is 32.6. The van der Waals surface area contributed by atoms with Crippen LogP contribution in [0.2, 0.25) is 0 Å². The normalized spacial score (nSPS) is 21.6. The number of benzene rings is 2. The Morgan fingerprint density at radius 2 is 2.00 bits per heavy atom. The molecule has 3 heterocycles. The Morgan fingerprint density at radius 3 is 2.83 bits per heavy atom. The SMILES string of the molecule is C=CCCNC/C=C/C(=O)N1CCN(c2nc(OC[C@@H]3CCCN3C)nc3c2CCC(c2cccc4ccccc24)C3)C[C@@H]1CC#N. The molecule has 2 fully saturated rings. The van der Waals surface area contributed by atoms with E-state index in [-0.39, 0.29) is 18.4 Å². The molecule has 246 valence electrons. The largest absolute Gasteiger partial charge is 0.462 e. The number of likely N-dealkylation sites (N-methyl/N-ethyl adjacent to an activating group) is 1. The van der Waals surface area contributed by atoms with Crippen LogP contribution in [0.1, 0.15) is 54.8 Å². The Kier molecular flexibility index (Phi) is 10.8. The van der Waals surface area contributed by atoms with E-state index in [1.807, 2.05) is 17.1 Å². The predicted molar refractivity (Wildman–Crippen MR) is 187 cm³/mol. The first-order valence-electron chi connectivity index (χ1n) is 17.2. The number of carbonyl (C=O) groups excluding carboxylic acids is 1. The maximum absolute atomic E-state index is 13.2. The van der Waals surface area contributed by atoms with Crippen LogP contribution in [-0.2, 0) is 17.6 Å². The van der Waals surface area contributed by atoms with Crippen molar-refractivity contribution >= 4 is 22.5 Å². The third-order valence-corrected chi connectivity index (χ3v) is 10.0. The summed E-state index contributed by atoms with van der Waals surface area (Å²) in [4.78, 5) is 29.8. The Bertz CT molecular complexity index is 1630. The molecule has 9 nitrogen and oxygen atoms in total. The predicted octanol–water partition coefficient (Wildman–Crippen LogP) is 5.03. The minimum atomic E-state index is -0.228. The molecule has 1 aliphatic carbocycles. The van der Waals surface area contributed by atoms with Crippen LogP contribution in [0.5, 0.6) is 6.01 Å². The van der Waals surface area contributed by atoms with E-state index in [0.29, 0.717) is 50.8 Å². The maximum atomic E-state index is 13.2. The van der Waals surface area contributed by atoms with Gasteiger partial charge in [-0.15, -0.1) is 6.58 Å². The van der Waals surface area contributed by atoms with Crippen molar-refractivity contribution in [2.24, 2.45) is 0 Å². The van der Waals surface area contributed by atoms with Crippen LogP contribution in [0.3, 0.4) is 0 Å². The quantitative estimate of drug-likeness (QED) is 0.169. The van der Waals surface area contributed by atoms with Crippen LogP contribution in [0, 0.1) is 11.3 Å². The van der Waals surface area contributed by atoms with Gasteiger partial charge >= 0.3 is 6.01 Å². The number of amides is 1. The molecule has 1 aromatic heterocycles. The maximum Gasteiger partial charge on any atom is 0.318 e. The fourth-order valence-electron chi connectivity index (χ4n) is 7.40. The van der Waals surface area contributed by atoms with Crippen LogP contribution in [0.25, 0.3) is 10.8 Å². The summed E-state index contributed by atoms with van der Waals surface area (Å²) in [7, 11) is 2.15. The molecular formula is C38H47N7O2. The van der Waals surface area contributed by atoms with Crippen molar-refractivity contribution in [1.29, 1.82) is 5.26 Å². The van der Waals surface area contributed by atoms with Crippen molar-refractivity contribution < 1.29 is 9.53 Å². The molecule has 2 saturated heterocycles. The first-order chi connectivity index (χ1) is 23.1. The second-order valence-electron chi connectivity index (χ2n) is 13.0. The highest BCUT2D eigenvalue weighted by Crippen LogP contribution is 2.39. The van der Waals surface area contributed by atoms with Crippen molar-refractivity contribution in [3.63, 3.8) is 0 Å². The summed E-state index contributed by atoms with van der Waals surface area (Å²) in [5.41, 5.74) is 3.60. The second-order valence-corrected chi connectivity index (χ2v) is 13.0. The summed E-state index contributed by atoms with van der Waals surface area (Å²) in [6.07, 6.45) is 11.5. The van der Waals surface area contributed by atoms with E-state index in [1.165, 1.54) is 28.3 Å². The van der Waals surface area contributed by atoms with E-state index in [2.05, 4.69) is 77.3 Å². The Hall–Kier alpha value is -4.26. The first kappa shape index (κ1) is 32.7. The topological polar surface area (TPSA) is 97.6 Å². The summed E-state index contributed by atoms with van der Waals surface area (Å²) in [6.45, 7) is 8.55. The van der Waals surface area contributed by atoms with Gasteiger partial charge in [0.2, 0.25) is 5.91 Å². The average Bonchev–Trinajstić information content (AvgIpc) is 3.52. The molecule has 1 N–H and O–H groups in total. The van der Waals surface area contributed by atoms with Gasteiger partial charge in [-0.1, -0.05) is 54.6 Å². The molecule has 6 rings (SSSR count). The van der Waals surface area contributed by atoms with E-state index < -0.39 is 0 Å². The minimum Gasteiger partial charge on any atom is -0.462 e. The van der Waals surface area contributed by atoms with Crippen molar-refractivity contribution in [1.82, 2.24) is 25.1 Å². The second kappa shape index (κ2) is 15.6. The van der Waals surface area contributed by atoms with Gasteiger partial charge in [-0.05, 0) is 80.9 Å². The number of hydrogen-bond acceptors (Lipinski definition) is 8. The molecule has 2 aliphatic heterocycles. The molecule has 3 atom stereocenters. The fourth-order valence-corrected chi connectivity index (χ4v) is 7.40. The fraction of sp³-hybridized carbons (Fsp3) is 0.474. The third kappa shape index (κ3) is 7.66. The van der Waals surface area contributed by atoms with Crippen molar-refractivity contribution in [2.75, 3.05) is 57.8 Å². The molecule has 1 unspecified atom stereocenters. The number of anilines is 1. The number of piperazine rings is 1. The van der Waals surface area contributed by atoms with E-state index >= 15 is 0 Å². The summed E-state index contributed by atoms with van der Waals surface area (Å²) in [6, 6.07) is 18.1. The molecule has 0 radical (unpaired) electrons. The van der Waals surface area contributed by atoms with Gasteiger partial charge in [0.15, 0.2) is 0 Å². The van der Waals surface area contributed by atoms with Crippen molar-refractivity contribution in [3.05, 3.63) is 84.1 Å². The van der Waals surface area contributed by atoms with Gasteiger partial charge in [-0.2, -0.15) is 15.2 Å². The highest BCUT2D eigenvalue weighted by molar-refractivity contribution is 5.88. The zero-order valence-corrected chi connectivity index (χ0v) is 27.6. The van der Waals surface area contributed by atoms with Crippen molar-refractivity contribution in [2.45, 2.75) is 62.9 Å². The van der Waals surface area contributed by atoms with E-state index in [1.54, 1.807) is 6.08 Å². The summed E-state index contributed by atoms with van der Waals surface area (Å²) < 4.78 is 6.35. The van der Waals surface area contributed by atoms with E-state index in [9.17, 15) is 10.1 Å². The lowest BCUT2D eigenvalue weighted by Gasteiger charge is -2.42. The number of fused-ring (bicyclic) bond motifs is 2. The minimum absolute atomic E-state index is 0.0530. The third-order valence-electron chi connectivity index (χ3n) is 10.0. The number of nitrogens with one attached hydrogen (secondary N) is 1. The summed E-state index contributed by atoms with van der Waals surface area (Å²) >= 11 is 0. The lowest BCUT2D eigenvalue weighted by molar-refractivity contribution is -0.128. The number of nitriles is 1. The summed E-state index contributed by atoms with van der Waals surface area (Å²) in [5, 5.41) is 15.6. The number of nitrogens with zero attached hydrogens (tertiary/aromatic N) is 6. The number of ether oxygens (including phenoxy) is 1. The van der Waals surface area contributed by atoms with Crippen LogP contribution in [0.15, 0.2) is 67.3 Å². The molecule has 2 aromatic carbocycles. The van der Waals surface area contributed by atoms with Crippen LogP contribution >= 0.6 is 0 Å². The summed E-state index contributed by atoms with van der Waals surface area (Å²) in [5.74, 6) is 1.20. The molecule has 3 aliphatic rings. The lowest BCUT2D eigenvalue weighted by Crippen LogP contribution is -2.55. The van der Waals surface area contributed by atoms with Crippen LogP contribution in [0.4, 0.5) is 5.82 Å². The molecule has 0 spiro atoms. The monoisotopic (exact) mass is 633 g/mol. The Balaban J connectivity index is 1.24. The smallest absolute Gasteiger partial charge is 0.318 e.